The van der Waals surface area contributed by atoms with Gasteiger partial charge in [0.05, 0.1) is 5.56 Å². The lowest BCUT2D eigenvalue weighted by atomic mass is 10.0. The molecule has 1 aliphatic rings. The zero-order chi connectivity index (χ0) is 13.8. The van der Waals surface area contributed by atoms with Gasteiger partial charge in [-0.1, -0.05) is 30.3 Å². The molecule has 20 heavy (non-hydrogen) atoms. The monoisotopic (exact) mass is 267 g/mol. The number of hydrogen-bond acceptors (Lipinski definition) is 3. The van der Waals surface area contributed by atoms with Gasteiger partial charge in [-0.2, -0.15) is 0 Å². The summed E-state index contributed by atoms with van der Waals surface area (Å²) in [5, 5.41) is 3.46. The van der Waals surface area contributed by atoms with Gasteiger partial charge in [-0.15, -0.1) is 0 Å². The molecule has 1 N–H and O–H groups in total. The van der Waals surface area contributed by atoms with Gasteiger partial charge < -0.3 is 10.2 Å². The Morgan fingerprint density at radius 2 is 2.05 bits per heavy atom. The second-order valence-electron chi connectivity index (χ2n) is 4.91. The summed E-state index contributed by atoms with van der Waals surface area (Å²) < 4.78 is 0. The summed E-state index contributed by atoms with van der Waals surface area (Å²) in [6, 6.07) is 14.1. The number of nitrogens with one attached hydrogen (secondary N) is 1. The molecular weight excluding hydrogens is 250 g/mol. The van der Waals surface area contributed by atoms with E-state index >= 15 is 0 Å². The largest absolute Gasteiger partial charge is 0.335 e. The Bertz CT molecular complexity index is 571. The predicted octanol–water partition coefficient (Wildman–Crippen LogP) is 1.87. The van der Waals surface area contributed by atoms with Gasteiger partial charge in [0, 0.05) is 38.1 Å². The smallest absolute Gasteiger partial charge is 0.255 e. The highest BCUT2D eigenvalue weighted by Crippen LogP contribution is 2.18. The summed E-state index contributed by atoms with van der Waals surface area (Å²) in [5.74, 6) is 0.0560. The van der Waals surface area contributed by atoms with Crippen LogP contribution in [-0.4, -0.2) is 35.4 Å². The van der Waals surface area contributed by atoms with Gasteiger partial charge in [-0.3, -0.25) is 9.78 Å². The maximum Gasteiger partial charge on any atom is 0.255 e. The summed E-state index contributed by atoms with van der Waals surface area (Å²) in [5.41, 5.74) is 1.87. The van der Waals surface area contributed by atoms with Crippen LogP contribution in [0.25, 0.3) is 0 Å². The fourth-order valence-corrected chi connectivity index (χ4v) is 2.51. The van der Waals surface area contributed by atoms with E-state index in [4.69, 9.17) is 0 Å². The number of benzene rings is 1. The molecule has 4 nitrogen and oxygen atoms in total. The topological polar surface area (TPSA) is 45.2 Å². The normalized spacial score (nSPS) is 18.8. The molecule has 0 saturated carbocycles. The number of aromatic nitrogens is 1. The minimum Gasteiger partial charge on any atom is -0.335 e. The van der Waals surface area contributed by atoms with Crippen LogP contribution in [0.1, 0.15) is 22.0 Å². The molecule has 1 aliphatic heterocycles. The molecule has 1 saturated heterocycles. The van der Waals surface area contributed by atoms with Crippen LogP contribution in [0, 0.1) is 0 Å². The highest BCUT2D eigenvalue weighted by molar-refractivity contribution is 5.94. The number of carbonyl (C=O) groups excluding carboxylic acids is 1. The molecule has 0 radical (unpaired) electrons. The number of nitrogens with zero attached hydrogens (tertiary/aromatic N) is 2. The fraction of sp³-hybridized carbons (Fsp3) is 0.250. The van der Waals surface area contributed by atoms with Crippen LogP contribution in [0.15, 0.2) is 54.9 Å². The van der Waals surface area contributed by atoms with Gasteiger partial charge >= 0.3 is 0 Å². The first-order valence-corrected chi connectivity index (χ1v) is 6.82. The van der Waals surface area contributed by atoms with E-state index in [2.05, 4.69) is 22.4 Å². The summed E-state index contributed by atoms with van der Waals surface area (Å²) in [4.78, 5) is 18.3. The predicted molar refractivity (Wildman–Crippen MR) is 77.3 cm³/mol. The molecule has 102 valence electrons. The lowest BCUT2D eigenvalue weighted by molar-refractivity contribution is 0.0702. The number of hydrogen-bond donors (Lipinski definition) is 1. The Hall–Kier alpha value is -2.20. The Kier molecular flexibility index (Phi) is 3.74. The molecule has 3 rings (SSSR count). The number of pyridine rings is 1. The molecule has 1 unspecified atom stereocenters. The highest BCUT2D eigenvalue weighted by atomic mass is 16.2. The SMILES string of the molecule is O=C(c1cccnc1)N1CCNC(c2ccccc2)C1. The van der Waals surface area contributed by atoms with Crippen molar-refractivity contribution in [2.24, 2.45) is 0 Å². The fourth-order valence-electron chi connectivity index (χ4n) is 2.51. The molecule has 1 fully saturated rings. The van der Waals surface area contributed by atoms with Crippen LogP contribution in [0.2, 0.25) is 0 Å². The van der Waals surface area contributed by atoms with Crippen LogP contribution in [0.4, 0.5) is 0 Å². The zero-order valence-electron chi connectivity index (χ0n) is 11.2. The zero-order valence-corrected chi connectivity index (χ0v) is 11.2. The van der Waals surface area contributed by atoms with E-state index in [0.29, 0.717) is 12.1 Å². The molecule has 1 amide bonds. The van der Waals surface area contributed by atoms with Crippen LogP contribution in [0.5, 0.6) is 0 Å². The van der Waals surface area contributed by atoms with Crippen LogP contribution in [-0.2, 0) is 0 Å². The van der Waals surface area contributed by atoms with Gasteiger partial charge in [-0.05, 0) is 17.7 Å². The van der Waals surface area contributed by atoms with Crippen LogP contribution in [0.3, 0.4) is 0 Å². The summed E-state index contributed by atoms with van der Waals surface area (Å²) in [7, 11) is 0. The standard InChI is InChI=1S/C16H17N3O/c20-16(14-7-4-8-17-11-14)19-10-9-18-15(12-19)13-5-2-1-3-6-13/h1-8,11,15,18H,9-10,12H2. The van der Waals surface area contributed by atoms with Gasteiger partial charge in [0.2, 0.25) is 0 Å². The second kappa shape index (κ2) is 5.84. The number of amides is 1. The molecular formula is C16H17N3O. The van der Waals surface area contributed by atoms with Gasteiger partial charge in [0.25, 0.3) is 5.91 Å². The molecule has 1 aromatic heterocycles. The quantitative estimate of drug-likeness (QED) is 0.903. The van der Waals surface area contributed by atoms with Gasteiger partial charge in [0.15, 0.2) is 0 Å². The highest BCUT2D eigenvalue weighted by Gasteiger charge is 2.24. The number of carbonyl (C=O) groups is 1. The van der Waals surface area contributed by atoms with Crippen molar-refractivity contribution in [3.63, 3.8) is 0 Å². The third-order valence-electron chi connectivity index (χ3n) is 3.57. The summed E-state index contributed by atoms with van der Waals surface area (Å²) in [6.07, 6.45) is 3.31. The minimum absolute atomic E-state index is 0.0560. The van der Waals surface area contributed by atoms with Crippen molar-refractivity contribution in [2.45, 2.75) is 6.04 Å². The number of piperazine rings is 1. The van der Waals surface area contributed by atoms with Crippen molar-refractivity contribution in [3.05, 3.63) is 66.0 Å². The molecule has 0 aliphatic carbocycles. The first-order chi connectivity index (χ1) is 9.84. The molecule has 2 heterocycles. The Labute approximate surface area is 118 Å². The Morgan fingerprint density at radius 1 is 1.20 bits per heavy atom. The van der Waals surface area contributed by atoms with Crippen molar-refractivity contribution in [1.29, 1.82) is 0 Å². The minimum atomic E-state index is 0.0560. The third kappa shape index (κ3) is 2.70. The van der Waals surface area contributed by atoms with Gasteiger partial charge in [-0.25, -0.2) is 0 Å². The third-order valence-corrected chi connectivity index (χ3v) is 3.57. The molecule has 0 spiro atoms. The van der Waals surface area contributed by atoms with Crippen LogP contribution < -0.4 is 5.32 Å². The molecule has 1 aromatic carbocycles. The van der Waals surface area contributed by atoms with E-state index in [9.17, 15) is 4.79 Å². The second-order valence-corrected chi connectivity index (χ2v) is 4.91. The van der Waals surface area contributed by atoms with Crippen molar-refractivity contribution in [2.75, 3.05) is 19.6 Å². The average molecular weight is 267 g/mol. The first kappa shape index (κ1) is 12.8. The number of rotatable bonds is 2. The molecule has 1 atom stereocenters. The lowest BCUT2D eigenvalue weighted by Gasteiger charge is -2.34. The lowest BCUT2D eigenvalue weighted by Crippen LogP contribution is -2.48. The summed E-state index contributed by atoms with van der Waals surface area (Å²) >= 11 is 0. The van der Waals surface area contributed by atoms with Crippen LogP contribution >= 0.6 is 0 Å². The maximum atomic E-state index is 12.4. The Morgan fingerprint density at radius 3 is 2.80 bits per heavy atom. The van der Waals surface area contributed by atoms with Gasteiger partial charge in [0.1, 0.15) is 0 Å². The van der Waals surface area contributed by atoms with Crippen molar-refractivity contribution >= 4 is 5.91 Å². The van der Waals surface area contributed by atoms with E-state index < -0.39 is 0 Å². The van der Waals surface area contributed by atoms with Crippen molar-refractivity contribution < 1.29 is 4.79 Å². The van der Waals surface area contributed by atoms with E-state index in [1.54, 1.807) is 18.5 Å². The van der Waals surface area contributed by atoms with E-state index in [0.717, 1.165) is 13.1 Å². The van der Waals surface area contributed by atoms with E-state index in [1.807, 2.05) is 29.2 Å². The molecule has 2 aromatic rings. The summed E-state index contributed by atoms with van der Waals surface area (Å²) in [6.45, 7) is 2.24. The van der Waals surface area contributed by atoms with E-state index in [-0.39, 0.29) is 11.9 Å². The first-order valence-electron chi connectivity index (χ1n) is 6.82. The Balaban J connectivity index is 1.74. The van der Waals surface area contributed by atoms with Crippen molar-refractivity contribution in [3.8, 4) is 0 Å². The van der Waals surface area contributed by atoms with Crippen molar-refractivity contribution in [1.82, 2.24) is 15.2 Å². The van der Waals surface area contributed by atoms with E-state index in [1.165, 1.54) is 5.56 Å². The molecule has 0 bridgehead atoms. The maximum absolute atomic E-state index is 12.4. The average Bonchev–Trinajstić information content (AvgIpc) is 2.56. The molecule has 4 heteroatoms.